The number of hydrogen-bond donors (Lipinski definition) is 0. The van der Waals surface area contributed by atoms with E-state index in [4.69, 9.17) is 4.74 Å². The minimum Gasteiger partial charge on any atom is -0.376 e. The summed E-state index contributed by atoms with van der Waals surface area (Å²) in [5.41, 5.74) is 2.32. The Balaban J connectivity index is 1.73. The van der Waals surface area contributed by atoms with Gasteiger partial charge >= 0.3 is 0 Å². The number of aromatic nitrogens is 2. The molecule has 0 bridgehead atoms. The maximum absolute atomic E-state index is 5.46. The van der Waals surface area contributed by atoms with Gasteiger partial charge in [-0.2, -0.15) is 5.10 Å². The van der Waals surface area contributed by atoms with Crippen molar-refractivity contribution in [3.8, 4) is 0 Å². The molecule has 1 fully saturated rings. The van der Waals surface area contributed by atoms with Crippen molar-refractivity contribution in [2.24, 2.45) is 5.92 Å². The lowest BCUT2D eigenvalue weighted by atomic mass is 9.85. The highest BCUT2D eigenvalue weighted by Gasteiger charge is 2.20. The summed E-state index contributed by atoms with van der Waals surface area (Å²) in [6.07, 6.45) is 5.02. The summed E-state index contributed by atoms with van der Waals surface area (Å²) < 4.78 is 5.46. The smallest absolute Gasteiger partial charge is 0.151 e. The normalized spacial score (nSPS) is 19.6. The van der Waals surface area contributed by atoms with Crippen LogP contribution in [0.3, 0.4) is 0 Å². The summed E-state index contributed by atoms with van der Waals surface area (Å²) in [5, 5.41) is 8.64. The maximum Gasteiger partial charge on any atom is 0.151 e. The van der Waals surface area contributed by atoms with E-state index in [1.54, 1.807) is 0 Å². The highest BCUT2D eigenvalue weighted by atomic mass is 16.5. The second kappa shape index (κ2) is 4.61. The molecule has 0 N–H and O–H groups in total. The molecular formula is C13H19N3O. The second-order valence-corrected chi connectivity index (χ2v) is 5.15. The van der Waals surface area contributed by atoms with Gasteiger partial charge in [-0.1, -0.05) is 6.42 Å². The summed E-state index contributed by atoms with van der Waals surface area (Å²) in [4.78, 5) is 2.23. The van der Waals surface area contributed by atoms with Crippen LogP contribution >= 0.6 is 0 Å². The lowest BCUT2D eigenvalue weighted by molar-refractivity contribution is 0.109. The van der Waals surface area contributed by atoms with Gasteiger partial charge in [-0.15, -0.1) is 5.10 Å². The molecule has 0 amide bonds. The lowest BCUT2D eigenvalue weighted by Crippen LogP contribution is -2.30. The molecule has 0 radical (unpaired) electrons. The van der Waals surface area contributed by atoms with Crippen LogP contribution in [0.5, 0.6) is 0 Å². The van der Waals surface area contributed by atoms with Crippen LogP contribution in [-0.4, -0.2) is 30.4 Å². The van der Waals surface area contributed by atoms with Gasteiger partial charge in [-0.3, -0.25) is 0 Å². The largest absolute Gasteiger partial charge is 0.376 e. The van der Waals surface area contributed by atoms with Crippen LogP contribution in [0.1, 0.15) is 30.5 Å². The average molecular weight is 233 g/mol. The fraction of sp³-hybridized carbons (Fsp3) is 0.692. The highest BCUT2D eigenvalue weighted by molar-refractivity contribution is 5.41. The van der Waals surface area contributed by atoms with E-state index in [9.17, 15) is 0 Å². The zero-order chi connectivity index (χ0) is 11.7. The Kier molecular flexibility index (Phi) is 2.97. The third-order valence-electron chi connectivity index (χ3n) is 3.84. The van der Waals surface area contributed by atoms with Crippen molar-refractivity contribution in [1.29, 1.82) is 0 Å². The predicted octanol–water partition coefficient (Wildman–Crippen LogP) is 1.79. The van der Waals surface area contributed by atoms with E-state index in [2.05, 4.69) is 28.2 Å². The average Bonchev–Trinajstić information content (AvgIpc) is 2.33. The molecule has 0 unspecified atom stereocenters. The van der Waals surface area contributed by atoms with Gasteiger partial charge in [0.05, 0.1) is 18.9 Å². The molecule has 0 aromatic carbocycles. The van der Waals surface area contributed by atoms with Crippen molar-refractivity contribution in [2.45, 2.75) is 32.3 Å². The highest BCUT2D eigenvalue weighted by Crippen LogP contribution is 2.28. The van der Waals surface area contributed by atoms with Crippen LogP contribution in [0.4, 0.5) is 5.82 Å². The van der Waals surface area contributed by atoms with Gasteiger partial charge in [-0.05, 0) is 24.8 Å². The van der Waals surface area contributed by atoms with E-state index in [1.165, 1.54) is 24.8 Å². The first-order valence-electron chi connectivity index (χ1n) is 6.47. The van der Waals surface area contributed by atoms with E-state index >= 15 is 0 Å². The number of fused-ring (bicyclic) bond motifs is 1. The zero-order valence-electron chi connectivity index (χ0n) is 10.4. The Bertz CT molecular complexity index is 404. The molecule has 1 aliphatic carbocycles. The van der Waals surface area contributed by atoms with Gasteiger partial charge < -0.3 is 9.64 Å². The summed E-state index contributed by atoms with van der Waals surface area (Å²) in [5.74, 6) is 1.84. The summed E-state index contributed by atoms with van der Waals surface area (Å²) in [7, 11) is 2.11. The first-order chi connectivity index (χ1) is 8.33. The van der Waals surface area contributed by atoms with Crippen LogP contribution in [0.15, 0.2) is 6.07 Å². The molecule has 1 aromatic heterocycles. The summed E-state index contributed by atoms with van der Waals surface area (Å²) in [6, 6.07) is 2.14. The van der Waals surface area contributed by atoms with Crippen molar-refractivity contribution in [2.75, 3.05) is 25.1 Å². The summed E-state index contributed by atoms with van der Waals surface area (Å²) in [6.45, 7) is 2.57. The monoisotopic (exact) mass is 233 g/mol. The fourth-order valence-electron chi connectivity index (χ4n) is 2.47. The quantitative estimate of drug-likeness (QED) is 0.797. The van der Waals surface area contributed by atoms with Crippen LogP contribution in [-0.2, 0) is 17.8 Å². The van der Waals surface area contributed by atoms with Gasteiger partial charge in [0.25, 0.3) is 0 Å². The molecule has 2 heterocycles. The van der Waals surface area contributed by atoms with Crippen LogP contribution in [0, 0.1) is 5.92 Å². The van der Waals surface area contributed by atoms with Crippen LogP contribution in [0.25, 0.3) is 0 Å². The van der Waals surface area contributed by atoms with Crippen molar-refractivity contribution >= 4 is 5.82 Å². The third kappa shape index (κ3) is 2.27. The predicted molar refractivity (Wildman–Crippen MR) is 66.0 cm³/mol. The summed E-state index contributed by atoms with van der Waals surface area (Å²) >= 11 is 0. The molecule has 1 saturated carbocycles. The minimum absolute atomic E-state index is 0.690. The minimum atomic E-state index is 0.690. The molecule has 0 atom stereocenters. The van der Waals surface area contributed by atoms with E-state index in [0.717, 1.165) is 37.0 Å². The SMILES string of the molecule is CN(CC1CCC1)c1cc2c(nn1)CCOC2. The van der Waals surface area contributed by atoms with Crippen LogP contribution in [0.2, 0.25) is 0 Å². The van der Waals surface area contributed by atoms with Crippen molar-refractivity contribution in [3.05, 3.63) is 17.3 Å². The number of nitrogens with zero attached hydrogens (tertiary/aromatic N) is 3. The van der Waals surface area contributed by atoms with E-state index in [1.807, 2.05) is 0 Å². The van der Waals surface area contributed by atoms with E-state index < -0.39 is 0 Å². The van der Waals surface area contributed by atoms with Gasteiger partial charge in [0.2, 0.25) is 0 Å². The Morgan fingerprint density at radius 2 is 2.29 bits per heavy atom. The van der Waals surface area contributed by atoms with E-state index in [-0.39, 0.29) is 0 Å². The molecule has 1 aliphatic heterocycles. The molecular weight excluding hydrogens is 214 g/mol. The van der Waals surface area contributed by atoms with Gasteiger partial charge in [0, 0.05) is 25.6 Å². The second-order valence-electron chi connectivity index (χ2n) is 5.15. The number of anilines is 1. The molecule has 2 aliphatic rings. The standard InChI is InChI=1S/C13H19N3O/c1-16(8-10-3-2-4-10)13-7-11-9-17-6-5-12(11)14-15-13/h7,10H,2-6,8-9H2,1H3. The van der Waals surface area contributed by atoms with Gasteiger partial charge in [-0.25, -0.2) is 0 Å². The maximum atomic E-state index is 5.46. The van der Waals surface area contributed by atoms with Crippen molar-refractivity contribution in [3.63, 3.8) is 0 Å². The Morgan fingerprint density at radius 1 is 1.41 bits per heavy atom. The Morgan fingerprint density at radius 3 is 3.06 bits per heavy atom. The van der Waals surface area contributed by atoms with Gasteiger partial charge in [0.15, 0.2) is 5.82 Å². The molecule has 1 aromatic rings. The van der Waals surface area contributed by atoms with Crippen molar-refractivity contribution < 1.29 is 4.74 Å². The lowest BCUT2D eigenvalue weighted by Gasteiger charge is -2.30. The topological polar surface area (TPSA) is 38.2 Å². The first-order valence-corrected chi connectivity index (χ1v) is 6.47. The Hall–Kier alpha value is -1.16. The van der Waals surface area contributed by atoms with Gasteiger partial charge in [0.1, 0.15) is 0 Å². The number of hydrogen-bond acceptors (Lipinski definition) is 4. The molecule has 3 rings (SSSR count). The molecule has 4 nitrogen and oxygen atoms in total. The molecule has 4 heteroatoms. The zero-order valence-corrected chi connectivity index (χ0v) is 10.4. The van der Waals surface area contributed by atoms with E-state index in [0.29, 0.717) is 6.61 Å². The molecule has 17 heavy (non-hydrogen) atoms. The fourth-order valence-corrected chi connectivity index (χ4v) is 2.47. The van der Waals surface area contributed by atoms with Crippen LogP contribution < -0.4 is 4.90 Å². The van der Waals surface area contributed by atoms with Crippen molar-refractivity contribution in [1.82, 2.24) is 10.2 Å². The molecule has 92 valence electrons. The number of ether oxygens (including phenoxy) is 1. The number of rotatable bonds is 3. The Labute approximate surface area is 102 Å². The first kappa shape index (κ1) is 11.0. The molecule has 0 spiro atoms. The molecule has 0 saturated heterocycles. The third-order valence-corrected chi connectivity index (χ3v) is 3.84.